The number of aromatic nitrogens is 1. The molecule has 1 aliphatic rings. The number of primary amides is 1. The Hall–Kier alpha value is -6.31. The minimum Gasteiger partial charge on any atom is -0.368 e. The zero-order chi connectivity index (χ0) is 42.3. The van der Waals surface area contributed by atoms with E-state index >= 15 is 0 Å². The number of nitrogens with one attached hydrogen (secondary N) is 6. The SMILES string of the molecule is NCCCC[C@H](NC(=O)[C@H](Cc1ccccc1)NC(=O)[C@@H](Cc1c[nH]c2ccccc12)NC(=O)[C@@H](Cc1ccc(-c2ccccc2)cc1)NC(=O)C1CCNCC1)C(N)=O. The number of piperidine rings is 1. The molecule has 0 saturated carbocycles. The van der Waals surface area contributed by atoms with Crippen molar-refractivity contribution in [2.24, 2.45) is 17.4 Å². The van der Waals surface area contributed by atoms with Crippen molar-refractivity contribution >= 4 is 40.4 Å². The van der Waals surface area contributed by atoms with Gasteiger partial charge in [0.1, 0.15) is 24.2 Å². The van der Waals surface area contributed by atoms with Gasteiger partial charge in [-0.05, 0) is 85.6 Å². The molecule has 1 fully saturated rings. The van der Waals surface area contributed by atoms with Crippen molar-refractivity contribution in [2.45, 2.75) is 75.5 Å². The molecule has 0 radical (unpaired) electrons. The maximum Gasteiger partial charge on any atom is 0.243 e. The van der Waals surface area contributed by atoms with E-state index in [1.54, 1.807) is 6.20 Å². The van der Waals surface area contributed by atoms with Gasteiger partial charge in [-0.25, -0.2) is 0 Å². The molecule has 60 heavy (non-hydrogen) atoms. The lowest BCUT2D eigenvalue weighted by atomic mass is 9.95. The Labute approximate surface area is 350 Å². The first kappa shape index (κ1) is 43.3. The normalized spacial score (nSPS) is 14.9. The molecule has 1 saturated heterocycles. The van der Waals surface area contributed by atoms with E-state index in [0.717, 1.165) is 38.7 Å². The Bertz CT molecular complexity index is 2190. The van der Waals surface area contributed by atoms with E-state index in [9.17, 15) is 24.0 Å². The summed E-state index contributed by atoms with van der Waals surface area (Å²) in [4.78, 5) is 72.4. The molecule has 6 rings (SSSR count). The molecular formula is C47H56N8O5. The van der Waals surface area contributed by atoms with Crippen molar-refractivity contribution in [3.8, 4) is 11.1 Å². The average Bonchev–Trinajstić information content (AvgIpc) is 3.68. The molecule has 10 N–H and O–H groups in total. The second-order valence-electron chi connectivity index (χ2n) is 15.5. The van der Waals surface area contributed by atoms with Crippen LogP contribution in [0.1, 0.15) is 48.8 Å². The Morgan fingerprint density at radius 3 is 1.77 bits per heavy atom. The number of hydrogen-bond acceptors (Lipinski definition) is 7. The summed E-state index contributed by atoms with van der Waals surface area (Å²) in [6.45, 7) is 1.83. The first-order chi connectivity index (χ1) is 29.2. The number of hydrogen-bond donors (Lipinski definition) is 8. The first-order valence-electron chi connectivity index (χ1n) is 20.8. The lowest BCUT2D eigenvalue weighted by Gasteiger charge is -2.28. The van der Waals surface area contributed by atoms with Crippen molar-refractivity contribution in [3.63, 3.8) is 0 Å². The molecular weight excluding hydrogens is 757 g/mol. The number of nitrogens with two attached hydrogens (primary N) is 2. The van der Waals surface area contributed by atoms with Crippen LogP contribution in [-0.2, 0) is 43.2 Å². The minimum atomic E-state index is -1.17. The summed E-state index contributed by atoms with van der Waals surface area (Å²) in [5.41, 5.74) is 16.6. The van der Waals surface area contributed by atoms with E-state index < -0.39 is 47.8 Å². The summed E-state index contributed by atoms with van der Waals surface area (Å²) in [6, 6.07) is 30.4. The van der Waals surface area contributed by atoms with Crippen molar-refractivity contribution in [3.05, 3.63) is 132 Å². The van der Waals surface area contributed by atoms with E-state index in [-0.39, 0.29) is 31.1 Å². The topological polar surface area (TPSA) is 213 Å². The van der Waals surface area contributed by atoms with Gasteiger partial charge in [0.25, 0.3) is 0 Å². The molecule has 4 aromatic carbocycles. The summed E-state index contributed by atoms with van der Waals surface area (Å²) in [6.07, 6.45) is 4.97. The molecule has 0 spiro atoms. The standard InChI is InChI=1S/C47H56N8O5/c48-24-10-9-17-39(43(49)56)52-45(58)41(27-31-11-3-1-4-12-31)54-47(60)42(29-36-30-51-38-16-8-7-15-37(36)38)55-46(59)40(53-44(57)35-22-25-50-26-23-35)28-32-18-20-34(21-19-32)33-13-5-2-6-14-33/h1-8,11-16,18-21,30,35,39-42,50-51H,9-10,17,22-29,48H2,(H2,49,56)(H,52,58)(H,53,57)(H,54,60)(H,55,59)/t39-,40+,41-,42+/m0/s1. The van der Waals surface area contributed by atoms with Crippen LogP contribution in [-0.4, -0.2) is 78.3 Å². The number of benzene rings is 4. The molecule has 13 nitrogen and oxygen atoms in total. The molecule has 0 aliphatic carbocycles. The molecule has 4 atom stereocenters. The highest BCUT2D eigenvalue weighted by Gasteiger charge is 2.33. The highest BCUT2D eigenvalue weighted by molar-refractivity contribution is 5.96. The van der Waals surface area contributed by atoms with Crippen LogP contribution >= 0.6 is 0 Å². The minimum absolute atomic E-state index is 0.0744. The number of fused-ring (bicyclic) bond motifs is 1. The second kappa shape index (κ2) is 21.6. The van der Waals surface area contributed by atoms with Crippen molar-refractivity contribution in [1.29, 1.82) is 0 Å². The van der Waals surface area contributed by atoms with Crippen LogP contribution in [0.3, 0.4) is 0 Å². The fourth-order valence-corrected chi connectivity index (χ4v) is 7.67. The number of carbonyl (C=O) groups is 5. The van der Waals surface area contributed by atoms with E-state index in [1.165, 1.54) is 0 Å². The Morgan fingerprint density at radius 2 is 1.13 bits per heavy atom. The number of aromatic amines is 1. The van der Waals surface area contributed by atoms with Crippen LogP contribution in [0.25, 0.3) is 22.0 Å². The molecule has 0 bridgehead atoms. The number of carbonyl (C=O) groups excluding carboxylic acids is 5. The van der Waals surface area contributed by atoms with Crippen molar-refractivity contribution < 1.29 is 24.0 Å². The van der Waals surface area contributed by atoms with Gasteiger partial charge >= 0.3 is 0 Å². The summed E-state index contributed by atoms with van der Waals surface area (Å²) in [5.74, 6) is -2.91. The van der Waals surface area contributed by atoms with Crippen molar-refractivity contribution in [1.82, 2.24) is 31.6 Å². The molecule has 1 aliphatic heterocycles. The number of H-pyrrole nitrogens is 1. The average molecular weight is 813 g/mol. The van der Waals surface area contributed by atoms with Crippen molar-refractivity contribution in [2.75, 3.05) is 19.6 Å². The van der Waals surface area contributed by atoms with Gasteiger partial charge in [-0.1, -0.05) is 103 Å². The van der Waals surface area contributed by atoms with Gasteiger partial charge in [-0.3, -0.25) is 24.0 Å². The smallest absolute Gasteiger partial charge is 0.243 e. The molecule has 314 valence electrons. The predicted molar refractivity (Wildman–Crippen MR) is 233 cm³/mol. The van der Waals surface area contributed by atoms with Gasteiger partial charge < -0.3 is 43.0 Å². The molecule has 13 heteroatoms. The molecule has 0 unspecified atom stereocenters. The third-order valence-electron chi connectivity index (χ3n) is 11.1. The van der Waals surface area contributed by atoms with Crippen LogP contribution in [0.5, 0.6) is 0 Å². The van der Waals surface area contributed by atoms with Crippen LogP contribution in [0.2, 0.25) is 0 Å². The van der Waals surface area contributed by atoms with E-state index in [1.807, 2.05) is 109 Å². The molecule has 5 amide bonds. The Balaban J connectivity index is 1.28. The van der Waals surface area contributed by atoms with Crippen LogP contribution in [0.15, 0.2) is 115 Å². The molecule has 1 aromatic heterocycles. The molecule has 5 aromatic rings. The summed E-state index contributed by atoms with van der Waals surface area (Å²) in [5, 5.41) is 15.8. The number of para-hydroxylation sites is 1. The van der Waals surface area contributed by atoms with E-state index in [2.05, 4.69) is 31.6 Å². The largest absolute Gasteiger partial charge is 0.368 e. The van der Waals surface area contributed by atoms with Gasteiger partial charge in [-0.2, -0.15) is 0 Å². The number of unbranched alkanes of at least 4 members (excludes halogenated alkanes) is 1. The van der Waals surface area contributed by atoms with E-state index in [0.29, 0.717) is 51.7 Å². The van der Waals surface area contributed by atoms with Gasteiger partial charge in [0.05, 0.1) is 0 Å². The Kier molecular flexibility index (Phi) is 15.6. The van der Waals surface area contributed by atoms with Crippen LogP contribution in [0, 0.1) is 5.92 Å². The van der Waals surface area contributed by atoms with Crippen LogP contribution < -0.4 is 38.1 Å². The zero-order valence-electron chi connectivity index (χ0n) is 33.8. The quantitative estimate of drug-likeness (QED) is 0.0548. The lowest BCUT2D eigenvalue weighted by molar-refractivity contribution is -0.135. The monoisotopic (exact) mass is 812 g/mol. The highest BCUT2D eigenvalue weighted by atomic mass is 16.2. The fraction of sp³-hybridized carbons (Fsp3) is 0.340. The van der Waals surface area contributed by atoms with Gasteiger partial charge in [0.2, 0.25) is 29.5 Å². The second-order valence-corrected chi connectivity index (χ2v) is 15.5. The third-order valence-corrected chi connectivity index (χ3v) is 11.1. The summed E-state index contributed by atoms with van der Waals surface area (Å²) in [7, 11) is 0. The van der Waals surface area contributed by atoms with Crippen LogP contribution in [0.4, 0.5) is 0 Å². The maximum atomic E-state index is 14.6. The molecule has 2 heterocycles. The third kappa shape index (κ3) is 12.1. The maximum absolute atomic E-state index is 14.6. The first-order valence-corrected chi connectivity index (χ1v) is 20.8. The van der Waals surface area contributed by atoms with E-state index in [4.69, 9.17) is 11.5 Å². The fourth-order valence-electron chi connectivity index (χ4n) is 7.67. The predicted octanol–water partition coefficient (Wildman–Crippen LogP) is 3.42. The van der Waals surface area contributed by atoms with Gasteiger partial charge in [-0.15, -0.1) is 0 Å². The number of amides is 5. The Morgan fingerprint density at radius 1 is 0.600 bits per heavy atom. The summed E-state index contributed by atoms with van der Waals surface area (Å²) < 4.78 is 0. The summed E-state index contributed by atoms with van der Waals surface area (Å²) >= 11 is 0. The zero-order valence-corrected chi connectivity index (χ0v) is 33.8. The number of rotatable bonds is 20. The van der Waals surface area contributed by atoms with Gasteiger partial charge in [0.15, 0.2) is 0 Å². The highest BCUT2D eigenvalue weighted by Crippen LogP contribution is 2.22. The lowest BCUT2D eigenvalue weighted by Crippen LogP contribution is -2.59. The van der Waals surface area contributed by atoms with Gasteiger partial charge in [0, 0.05) is 42.3 Å².